The third-order valence-electron chi connectivity index (χ3n) is 6.75. The van der Waals surface area contributed by atoms with Crippen LogP contribution < -0.4 is 5.32 Å². The van der Waals surface area contributed by atoms with Crippen LogP contribution in [0.5, 0.6) is 0 Å². The van der Waals surface area contributed by atoms with Gasteiger partial charge in [-0.15, -0.1) is 0 Å². The molecule has 1 fully saturated rings. The maximum absolute atomic E-state index is 13.0. The first kappa shape index (κ1) is 22.8. The fourth-order valence-corrected chi connectivity index (χ4v) is 4.95. The van der Waals surface area contributed by atoms with Crippen LogP contribution in [0.15, 0.2) is 48.5 Å². The normalized spacial score (nSPS) is 18.0. The molecule has 1 aliphatic carbocycles. The van der Waals surface area contributed by atoms with Crippen LogP contribution in [0.4, 0.5) is 4.79 Å². The monoisotopic (exact) mass is 450 g/mol. The zero-order valence-corrected chi connectivity index (χ0v) is 19.0. The molecule has 1 heterocycles. The molecule has 4 rings (SSSR count). The first-order chi connectivity index (χ1) is 15.9. The number of aliphatic carboxylic acids is 1. The molecular weight excluding hydrogens is 420 g/mol. The predicted octanol–water partition coefficient (Wildman–Crippen LogP) is 3.87. The van der Waals surface area contributed by atoms with Crippen molar-refractivity contribution in [1.82, 2.24) is 10.2 Å². The Morgan fingerprint density at radius 2 is 1.67 bits per heavy atom. The Bertz CT molecular complexity index is 1000. The van der Waals surface area contributed by atoms with Crippen LogP contribution in [0.1, 0.15) is 43.7 Å². The minimum absolute atomic E-state index is 0.0356. The largest absolute Gasteiger partial charge is 0.480 e. The van der Waals surface area contributed by atoms with E-state index in [2.05, 4.69) is 29.6 Å². The van der Waals surface area contributed by atoms with Crippen molar-refractivity contribution in [1.29, 1.82) is 0 Å². The average molecular weight is 451 g/mol. The number of carbonyl (C=O) groups is 3. The van der Waals surface area contributed by atoms with Crippen molar-refractivity contribution in [2.45, 2.75) is 38.6 Å². The molecular formula is C26H30N2O5. The Morgan fingerprint density at radius 1 is 1.06 bits per heavy atom. The number of hydrogen-bond donors (Lipinski definition) is 2. The molecule has 7 heteroatoms. The number of amides is 2. The molecule has 0 radical (unpaired) electrons. The molecule has 0 spiro atoms. The summed E-state index contributed by atoms with van der Waals surface area (Å²) in [6, 6.07) is 15.5. The van der Waals surface area contributed by atoms with E-state index in [9.17, 15) is 19.5 Å². The van der Waals surface area contributed by atoms with Gasteiger partial charge in [0.05, 0.1) is 5.92 Å². The minimum atomic E-state index is -0.979. The second kappa shape index (κ2) is 9.65. The quantitative estimate of drug-likeness (QED) is 0.668. The third kappa shape index (κ3) is 4.58. The SMILES string of the molecule is CC(C)C(CNC(=O)OCC1c2ccccc2-c2ccccc21)C(=O)N1CCCC1C(=O)O. The number of carbonyl (C=O) groups excluding carboxylic acids is 2. The van der Waals surface area contributed by atoms with Gasteiger partial charge >= 0.3 is 12.1 Å². The van der Waals surface area contributed by atoms with Crippen LogP contribution in [-0.4, -0.2) is 53.7 Å². The van der Waals surface area contributed by atoms with Gasteiger partial charge in [0.2, 0.25) is 5.91 Å². The van der Waals surface area contributed by atoms with Gasteiger partial charge in [-0.05, 0) is 41.0 Å². The van der Waals surface area contributed by atoms with Crippen molar-refractivity contribution >= 4 is 18.0 Å². The van der Waals surface area contributed by atoms with Gasteiger partial charge in [-0.3, -0.25) is 4.79 Å². The molecule has 33 heavy (non-hydrogen) atoms. The molecule has 2 aromatic carbocycles. The minimum Gasteiger partial charge on any atom is -0.480 e. The lowest BCUT2D eigenvalue weighted by molar-refractivity contribution is -0.150. The van der Waals surface area contributed by atoms with E-state index < -0.39 is 24.0 Å². The summed E-state index contributed by atoms with van der Waals surface area (Å²) in [6.07, 6.45) is 0.561. The summed E-state index contributed by atoms with van der Waals surface area (Å²) in [7, 11) is 0. The van der Waals surface area contributed by atoms with Crippen LogP contribution in [-0.2, 0) is 14.3 Å². The van der Waals surface area contributed by atoms with Gasteiger partial charge in [0.25, 0.3) is 0 Å². The van der Waals surface area contributed by atoms with Crippen LogP contribution >= 0.6 is 0 Å². The van der Waals surface area contributed by atoms with Crippen molar-refractivity contribution < 1.29 is 24.2 Å². The van der Waals surface area contributed by atoms with Gasteiger partial charge in [-0.1, -0.05) is 62.4 Å². The third-order valence-corrected chi connectivity index (χ3v) is 6.75. The number of fused-ring (bicyclic) bond motifs is 3. The Hall–Kier alpha value is -3.35. The molecule has 0 aromatic heterocycles. The Labute approximate surface area is 193 Å². The maximum atomic E-state index is 13.0. The Kier molecular flexibility index (Phi) is 6.67. The first-order valence-corrected chi connectivity index (χ1v) is 11.5. The molecule has 2 aromatic rings. The topological polar surface area (TPSA) is 95.9 Å². The molecule has 0 bridgehead atoms. The zero-order chi connectivity index (χ0) is 23.5. The van der Waals surface area contributed by atoms with E-state index >= 15 is 0 Å². The number of hydrogen-bond acceptors (Lipinski definition) is 4. The number of benzene rings is 2. The van der Waals surface area contributed by atoms with Crippen molar-refractivity contribution in [2.24, 2.45) is 11.8 Å². The Morgan fingerprint density at radius 3 is 2.24 bits per heavy atom. The van der Waals surface area contributed by atoms with E-state index in [1.54, 1.807) is 0 Å². The molecule has 2 N–H and O–H groups in total. The summed E-state index contributed by atoms with van der Waals surface area (Å²) in [4.78, 5) is 38.5. The zero-order valence-electron chi connectivity index (χ0n) is 19.0. The summed E-state index contributed by atoms with van der Waals surface area (Å²) in [5.74, 6) is -1.81. The number of alkyl carbamates (subject to hydrolysis) is 1. The number of carboxylic acid groups (broad SMARTS) is 1. The summed E-state index contributed by atoms with van der Waals surface area (Å²) in [5.41, 5.74) is 4.59. The highest BCUT2D eigenvalue weighted by Crippen LogP contribution is 2.44. The van der Waals surface area contributed by atoms with Gasteiger partial charge in [-0.25, -0.2) is 9.59 Å². The number of carboxylic acids is 1. The van der Waals surface area contributed by atoms with Gasteiger partial charge in [0.15, 0.2) is 0 Å². The van der Waals surface area contributed by atoms with Gasteiger partial charge in [0.1, 0.15) is 12.6 Å². The van der Waals surface area contributed by atoms with Crippen LogP contribution in [0, 0.1) is 11.8 Å². The van der Waals surface area contributed by atoms with Gasteiger partial charge in [-0.2, -0.15) is 0 Å². The van der Waals surface area contributed by atoms with Gasteiger partial charge in [0, 0.05) is 19.0 Å². The maximum Gasteiger partial charge on any atom is 0.407 e. The highest BCUT2D eigenvalue weighted by Gasteiger charge is 2.38. The summed E-state index contributed by atoms with van der Waals surface area (Å²) in [6.45, 7) is 4.54. The molecule has 2 atom stereocenters. The smallest absolute Gasteiger partial charge is 0.407 e. The van der Waals surface area contributed by atoms with Crippen LogP contribution in [0.2, 0.25) is 0 Å². The summed E-state index contributed by atoms with van der Waals surface area (Å²) in [5, 5.41) is 12.1. The van der Waals surface area contributed by atoms with E-state index in [-0.39, 0.29) is 30.9 Å². The van der Waals surface area contributed by atoms with E-state index in [0.717, 1.165) is 22.3 Å². The van der Waals surface area contributed by atoms with Crippen LogP contribution in [0.25, 0.3) is 11.1 Å². The van der Waals surface area contributed by atoms with E-state index in [1.807, 2.05) is 38.1 Å². The van der Waals surface area contributed by atoms with Crippen molar-refractivity contribution in [2.75, 3.05) is 19.7 Å². The number of ether oxygens (including phenoxy) is 1. The molecule has 1 aliphatic heterocycles. The molecule has 174 valence electrons. The second-order valence-electron chi connectivity index (χ2n) is 9.08. The van der Waals surface area contributed by atoms with Crippen molar-refractivity contribution in [3.05, 3.63) is 59.7 Å². The summed E-state index contributed by atoms with van der Waals surface area (Å²) >= 11 is 0. The lowest BCUT2D eigenvalue weighted by atomic mass is 9.94. The molecule has 1 saturated heterocycles. The standard InChI is InChI=1S/C26H30N2O5/c1-16(2)21(24(29)28-13-7-12-23(28)25(30)31)14-27-26(32)33-15-22-19-10-5-3-8-17(19)18-9-4-6-11-20(18)22/h3-6,8-11,16,21-23H,7,12-15H2,1-2H3,(H,27,32)(H,30,31). The molecule has 7 nitrogen and oxygen atoms in total. The fourth-order valence-electron chi connectivity index (χ4n) is 4.95. The highest BCUT2D eigenvalue weighted by molar-refractivity contribution is 5.86. The highest BCUT2D eigenvalue weighted by atomic mass is 16.5. The molecule has 0 saturated carbocycles. The lowest BCUT2D eigenvalue weighted by Crippen LogP contribution is -2.47. The summed E-state index contributed by atoms with van der Waals surface area (Å²) < 4.78 is 5.57. The van der Waals surface area contributed by atoms with Crippen molar-refractivity contribution in [3.63, 3.8) is 0 Å². The van der Waals surface area contributed by atoms with E-state index in [0.29, 0.717) is 19.4 Å². The molecule has 2 amide bonds. The fraction of sp³-hybridized carbons (Fsp3) is 0.423. The number of nitrogens with one attached hydrogen (secondary N) is 1. The van der Waals surface area contributed by atoms with E-state index in [4.69, 9.17) is 4.74 Å². The number of rotatable bonds is 7. The first-order valence-electron chi connectivity index (χ1n) is 11.5. The molecule has 2 aliphatic rings. The van der Waals surface area contributed by atoms with E-state index in [1.165, 1.54) is 4.90 Å². The van der Waals surface area contributed by atoms with Gasteiger partial charge < -0.3 is 20.1 Å². The molecule has 2 unspecified atom stereocenters. The second-order valence-corrected chi connectivity index (χ2v) is 9.08. The number of nitrogens with zero attached hydrogens (tertiary/aromatic N) is 1. The predicted molar refractivity (Wildman–Crippen MR) is 124 cm³/mol. The Balaban J connectivity index is 1.37. The average Bonchev–Trinajstić information content (AvgIpc) is 3.41. The van der Waals surface area contributed by atoms with Crippen LogP contribution in [0.3, 0.4) is 0 Å². The number of likely N-dealkylation sites (tertiary alicyclic amines) is 1. The van der Waals surface area contributed by atoms with Crippen molar-refractivity contribution in [3.8, 4) is 11.1 Å². The lowest BCUT2D eigenvalue weighted by Gasteiger charge is -2.29.